The summed E-state index contributed by atoms with van der Waals surface area (Å²) in [6, 6.07) is 5.86. The van der Waals surface area contributed by atoms with Crippen LogP contribution in [0.25, 0.3) is 0 Å². The van der Waals surface area contributed by atoms with Gasteiger partial charge in [-0.1, -0.05) is 12.1 Å². The highest BCUT2D eigenvalue weighted by molar-refractivity contribution is 6.00. The van der Waals surface area contributed by atoms with Crippen LogP contribution >= 0.6 is 0 Å². The third-order valence-electron chi connectivity index (χ3n) is 3.71. The summed E-state index contributed by atoms with van der Waals surface area (Å²) in [4.78, 5) is 12.3. The summed E-state index contributed by atoms with van der Waals surface area (Å²) in [7, 11) is 0. The van der Waals surface area contributed by atoms with Crippen LogP contribution in [0.1, 0.15) is 34.8 Å². The number of fused-ring (bicyclic) bond motifs is 1. The lowest BCUT2D eigenvalue weighted by Gasteiger charge is -2.13. The number of aliphatic hydroxyl groups excluding tert-OH is 1. The fourth-order valence-corrected chi connectivity index (χ4v) is 2.58. The maximum absolute atomic E-state index is 12.3. The van der Waals surface area contributed by atoms with Gasteiger partial charge in [-0.3, -0.25) is 4.79 Å². The van der Waals surface area contributed by atoms with E-state index in [4.69, 9.17) is 9.84 Å². The van der Waals surface area contributed by atoms with Crippen molar-refractivity contribution in [1.29, 1.82) is 0 Å². The van der Waals surface area contributed by atoms with Gasteiger partial charge in [0.15, 0.2) is 5.78 Å². The Bertz CT molecular complexity index is 459. The van der Waals surface area contributed by atoms with Crippen LogP contribution in [0.2, 0.25) is 0 Å². The van der Waals surface area contributed by atoms with Crippen LogP contribution in [0.3, 0.4) is 0 Å². The van der Waals surface area contributed by atoms with E-state index in [1.807, 2.05) is 19.1 Å². The Morgan fingerprint density at radius 2 is 2.15 bits per heavy atom. The molecular formula is C16H23NO3. The molecule has 1 atom stereocenters. The molecule has 2 rings (SSSR count). The molecule has 0 heterocycles. The predicted octanol–water partition coefficient (Wildman–Crippen LogP) is 1.34. The second-order valence-corrected chi connectivity index (χ2v) is 5.21. The largest absolute Gasteiger partial charge is 0.394 e. The van der Waals surface area contributed by atoms with Gasteiger partial charge in [-0.25, -0.2) is 0 Å². The van der Waals surface area contributed by atoms with Crippen LogP contribution in [-0.2, 0) is 17.6 Å². The second kappa shape index (κ2) is 7.53. The van der Waals surface area contributed by atoms with E-state index in [-0.39, 0.29) is 18.4 Å². The molecule has 0 bridgehead atoms. The average Bonchev–Trinajstić information content (AvgIpc) is 2.93. The van der Waals surface area contributed by atoms with Gasteiger partial charge in [-0.2, -0.15) is 0 Å². The highest BCUT2D eigenvalue weighted by atomic mass is 16.5. The lowest BCUT2D eigenvalue weighted by atomic mass is 10.0. The number of ether oxygens (including phenoxy) is 1. The molecule has 0 aliphatic heterocycles. The SMILES string of the molecule is CC(NCCOCCO)C(=O)c1ccc2c(c1)CCC2. The first-order valence-electron chi connectivity index (χ1n) is 7.30. The maximum Gasteiger partial charge on any atom is 0.179 e. The molecule has 1 aromatic rings. The molecule has 20 heavy (non-hydrogen) atoms. The van der Waals surface area contributed by atoms with Crippen molar-refractivity contribution in [3.8, 4) is 0 Å². The molecule has 4 nitrogen and oxygen atoms in total. The Morgan fingerprint density at radius 1 is 1.35 bits per heavy atom. The van der Waals surface area contributed by atoms with Crippen molar-refractivity contribution in [2.45, 2.75) is 32.2 Å². The summed E-state index contributed by atoms with van der Waals surface area (Å²) in [6.07, 6.45) is 3.43. The Hall–Kier alpha value is -1.23. The molecule has 0 radical (unpaired) electrons. The van der Waals surface area contributed by atoms with Crippen molar-refractivity contribution in [3.63, 3.8) is 0 Å². The molecule has 2 N–H and O–H groups in total. The number of carbonyl (C=O) groups is 1. The summed E-state index contributed by atoms with van der Waals surface area (Å²) < 4.78 is 5.16. The molecular weight excluding hydrogens is 254 g/mol. The number of benzene rings is 1. The molecule has 4 heteroatoms. The zero-order valence-electron chi connectivity index (χ0n) is 12.0. The van der Waals surface area contributed by atoms with E-state index in [1.165, 1.54) is 17.5 Å². The Kier molecular flexibility index (Phi) is 5.71. The summed E-state index contributed by atoms with van der Waals surface area (Å²) in [5, 5.41) is 11.7. The van der Waals surface area contributed by atoms with Gasteiger partial charge in [0, 0.05) is 12.1 Å². The average molecular weight is 277 g/mol. The van der Waals surface area contributed by atoms with Crippen LogP contribution in [0.5, 0.6) is 0 Å². The number of aryl methyl sites for hydroxylation is 2. The second-order valence-electron chi connectivity index (χ2n) is 5.21. The summed E-state index contributed by atoms with van der Waals surface area (Å²) in [5.41, 5.74) is 3.51. The Labute approximate surface area is 120 Å². The van der Waals surface area contributed by atoms with E-state index >= 15 is 0 Å². The number of ketones is 1. The smallest absolute Gasteiger partial charge is 0.179 e. The molecule has 0 saturated heterocycles. The summed E-state index contributed by atoms with van der Waals surface area (Å²) in [6.45, 7) is 3.36. The highest BCUT2D eigenvalue weighted by Gasteiger charge is 2.17. The van der Waals surface area contributed by atoms with Gasteiger partial charge in [0.1, 0.15) is 0 Å². The third kappa shape index (κ3) is 3.88. The van der Waals surface area contributed by atoms with Gasteiger partial charge < -0.3 is 15.2 Å². The summed E-state index contributed by atoms with van der Waals surface area (Å²) >= 11 is 0. The van der Waals surface area contributed by atoms with E-state index in [0.29, 0.717) is 19.8 Å². The quantitative estimate of drug-likeness (QED) is 0.556. The van der Waals surface area contributed by atoms with Crippen LogP contribution in [0.15, 0.2) is 18.2 Å². The molecule has 110 valence electrons. The van der Waals surface area contributed by atoms with Crippen LogP contribution in [0, 0.1) is 0 Å². The number of Topliss-reactive ketones (excluding diaryl/α,β-unsaturated/α-hetero) is 1. The first-order valence-corrected chi connectivity index (χ1v) is 7.30. The normalized spacial score (nSPS) is 15.1. The number of carbonyl (C=O) groups excluding carboxylic acids is 1. The summed E-state index contributed by atoms with van der Waals surface area (Å²) in [5.74, 6) is 0.127. The molecule has 1 aliphatic rings. The fourth-order valence-electron chi connectivity index (χ4n) is 2.58. The van der Waals surface area contributed by atoms with Gasteiger partial charge in [0.25, 0.3) is 0 Å². The zero-order valence-corrected chi connectivity index (χ0v) is 12.0. The topological polar surface area (TPSA) is 58.6 Å². The Balaban J connectivity index is 1.84. The van der Waals surface area contributed by atoms with Crippen molar-refractivity contribution in [3.05, 3.63) is 34.9 Å². The van der Waals surface area contributed by atoms with E-state index in [0.717, 1.165) is 18.4 Å². The fraction of sp³-hybridized carbons (Fsp3) is 0.562. The lowest BCUT2D eigenvalue weighted by Crippen LogP contribution is -2.36. The van der Waals surface area contributed by atoms with Crippen LogP contribution in [0.4, 0.5) is 0 Å². The van der Waals surface area contributed by atoms with Crippen molar-refractivity contribution in [2.75, 3.05) is 26.4 Å². The molecule has 0 spiro atoms. The molecule has 0 saturated carbocycles. The maximum atomic E-state index is 12.3. The van der Waals surface area contributed by atoms with Crippen molar-refractivity contribution in [1.82, 2.24) is 5.32 Å². The zero-order chi connectivity index (χ0) is 14.4. The van der Waals surface area contributed by atoms with Crippen LogP contribution in [-0.4, -0.2) is 43.3 Å². The van der Waals surface area contributed by atoms with Gasteiger partial charge >= 0.3 is 0 Å². The number of nitrogens with one attached hydrogen (secondary N) is 1. The standard InChI is InChI=1S/C16H23NO3/c1-12(17-7-9-20-10-8-18)16(19)15-6-5-13-3-2-4-14(13)11-15/h5-6,11-12,17-18H,2-4,7-10H2,1H3. The van der Waals surface area contributed by atoms with Gasteiger partial charge in [-0.15, -0.1) is 0 Å². The minimum Gasteiger partial charge on any atom is -0.394 e. The van der Waals surface area contributed by atoms with Crippen LogP contribution < -0.4 is 5.32 Å². The minimum atomic E-state index is -0.216. The molecule has 1 unspecified atom stereocenters. The highest BCUT2D eigenvalue weighted by Crippen LogP contribution is 2.23. The molecule has 1 aliphatic carbocycles. The first-order chi connectivity index (χ1) is 9.72. The lowest BCUT2D eigenvalue weighted by molar-refractivity contribution is 0.0870. The molecule has 0 amide bonds. The number of hydrogen-bond acceptors (Lipinski definition) is 4. The van der Waals surface area contributed by atoms with Crippen molar-refractivity contribution >= 4 is 5.78 Å². The van der Waals surface area contributed by atoms with Crippen molar-refractivity contribution < 1.29 is 14.6 Å². The first kappa shape index (κ1) is 15.2. The number of hydrogen-bond donors (Lipinski definition) is 2. The number of aliphatic hydroxyl groups is 1. The predicted molar refractivity (Wildman–Crippen MR) is 78.2 cm³/mol. The van der Waals surface area contributed by atoms with E-state index < -0.39 is 0 Å². The minimum absolute atomic E-state index is 0.0314. The monoisotopic (exact) mass is 277 g/mol. The molecule has 0 fully saturated rings. The van der Waals surface area contributed by atoms with Crippen molar-refractivity contribution in [2.24, 2.45) is 0 Å². The number of rotatable bonds is 8. The Morgan fingerprint density at radius 3 is 2.95 bits per heavy atom. The van der Waals surface area contributed by atoms with E-state index in [2.05, 4.69) is 11.4 Å². The van der Waals surface area contributed by atoms with Gasteiger partial charge in [0.05, 0.1) is 25.9 Å². The van der Waals surface area contributed by atoms with E-state index in [9.17, 15) is 4.79 Å². The third-order valence-corrected chi connectivity index (χ3v) is 3.71. The molecule has 0 aromatic heterocycles. The van der Waals surface area contributed by atoms with Gasteiger partial charge in [0.2, 0.25) is 0 Å². The molecule has 1 aromatic carbocycles. The van der Waals surface area contributed by atoms with Gasteiger partial charge in [-0.05, 0) is 43.4 Å². The van der Waals surface area contributed by atoms with E-state index in [1.54, 1.807) is 0 Å².